The van der Waals surface area contributed by atoms with E-state index < -0.39 is 0 Å². The predicted octanol–water partition coefficient (Wildman–Crippen LogP) is 5.68. The Morgan fingerprint density at radius 1 is 0.964 bits per heavy atom. The van der Waals surface area contributed by atoms with Crippen LogP contribution in [0.4, 0.5) is 5.95 Å². The molecule has 1 aliphatic heterocycles. The molecule has 0 saturated carbocycles. The minimum Gasteiger partial charge on any atom is -0.494 e. The molecule has 1 aromatic heterocycles. The Morgan fingerprint density at radius 2 is 1.86 bits per heavy atom. The number of aryl methyl sites for hydroxylation is 2. The highest BCUT2D eigenvalue weighted by Crippen LogP contribution is 2.33. The van der Waals surface area contributed by atoms with Gasteiger partial charge in [-0.05, 0) is 67.6 Å². The van der Waals surface area contributed by atoms with Crippen LogP contribution in [0, 0.1) is 6.92 Å². The van der Waals surface area contributed by atoms with E-state index >= 15 is 0 Å². The molecule has 0 amide bonds. The van der Waals surface area contributed by atoms with E-state index in [0.29, 0.717) is 5.95 Å². The third-order valence-corrected chi connectivity index (χ3v) is 5.86. The summed E-state index contributed by atoms with van der Waals surface area (Å²) in [6, 6.07) is 16.8. The predicted molar refractivity (Wildman–Crippen MR) is 115 cm³/mol. The van der Waals surface area contributed by atoms with E-state index in [2.05, 4.69) is 47.2 Å². The molecule has 0 fully saturated rings. The van der Waals surface area contributed by atoms with Gasteiger partial charge in [0.1, 0.15) is 10.8 Å². The lowest BCUT2D eigenvalue weighted by atomic mass is 9.98. The van der Waals surface area contributed by atoms with Crippen LogP contribution in [0.25, 0.3) is 11.3 Å². The second-order valence-electron chi connectivity index (χ2n) is 7.19. The quantitative estimate of drug-likeness (QED) is 0.500. The van der Waals surface area contributed by atoms with Crippen LogP contribution >= 0.6 is 11.8 Å². The van der Waals surface area contributed by atoms with E-state index in [-0.39, 0.29) is 0 Å². The zero-order chi connectivity index (χ0) is 19.3. The van der Waals surface area contributed by atoms with Crippen LogP contribution in [0.5, 0.6) is 5.75 Å². The number of ether oxygens (including phenoxy) is 1. The van der Waals surface area contributed by atoms with Gasteiger partial charge in [-0.1, -0.05) is 42.8 Å². The average molecular weight is 392 g/mol. The molecule has 5 heteroatoms. The van der Waals surface area contributed by atoms with Crippen LogP contribution in [0.2, 0.25) is 0 Å². The molecule has 2 aromatic carbocycles. The zero-order valence-electron chi connectivity index (χ0n) is 16.1. The van der Waals surface area contributed by atoms with Gasteiger partial charge in [0.05, 0.1) is 12.3 Å². The summed E-state index contributed by atoms with van der Waals surface area (Å²) >= 11 is 1.58. The third-order valence-electron chi connectivity index (χ3n) is 4.95. The number of nitrogen functional groups attached to an aromatic ring is 1. The molecule has 0 unspecified atom stereocenters. The van der Waals surface area contributed by atoms with Crippen molar-refractivity contribution in [1.29, 1.82) is 0 Å². The number of anilines is 1. The van der Waals surface area contributed by atoms with Crippen LogP contribution in [0.1, 0.15) is 36.8 Å². The van der Waals surface area contributed by atoms with Gasteiger partial charge in [0.2, 0.25) is 5.95 Å². The van der Waals surface area contributed by atoms with Crippen LogP contribution < -0.4 is 10.5 Å². The van der Waals surface area contributed by atoms with Gasteiger partial charge >= 0.3 is 0 Å². The molecule has 28 heavy (non-hydrogen) atoms. The first kappa shape index (κ1) is 18.8. The molecular formula is C23H25N3OS. The lowest BCUT2D eigenvalue weighted by Gasteiger charge is -2.11. The lowest BCUT2D eigenvalue weighted by molar-refractivity contribution is 0.304. The van der Waals surface area contributed by atoms with Crippen molar-refractivity contribution in [3.8, 4) is 17.0 Å². The maximum absolute atomic E-state index is 6.04. The summed E-state index contributed by atoms with van der Waals surface area (Å²) in [6.45, 7) is 2.88. The molecule has 4 rings (SSSR count). The highest BCUT2D eigenvalue weighted by Gasteiger charge is 2.11. The number of nitrogens with zero attached hydrogens (tertiary/aromatic N) is 2. The molecule has 144 valence electrons. The van der Waals surface area contributed by atoms with E-state index in [4.69, 9.17) is 10.5 Å². The SMILES string of the molecule is Cc1ccc2cc1-c1cc(nc(N)n1)Sc1cccc(c1)OCCCCCC2. The molecular weight excluding hydrogens is 366 g/mol. The van der Waals surface area contributed by atoms with Crippen molar-refractivity contribution in [2.75, 3.05) is 12.3 Å². The van der Waals surface area contributed by atoms with Crippen molar-refractivity contribution in [2.24, 2.45) is 0 Å². The van der Waals surface area contributed by atoms with Gasteiger partial charge in [0, 0.05) is 10.5 Å². The van der Waals surface area contributed by atoms with Crippen molar-refractivity contribution in [2.45, 2.75) is 48.9 Å². The van der Waals surface area contributed by atoms with Gasteiger partial charge in [0.15, 0.2) is 0 Å². The Morgan fingerprint density at radius 3 is 2.79 bits per heavy atom. The molecule has 0 atom stereocenters. The van der Waals surface area contributed by atoms with Crippen molar-refractivity contribution >= 4 is 17.7 Å². The number of aromatic nitrogens is 2. The highest BCUT2D eigenvalue weighted by molar-refractivity contribution is 7.99. The normalized spacial score (nSPS) is 14.8. The molecule has 0 saturated heterocycles. The summed E-state index contributed by atoms with van der Waals surface area (Å²) in [5, 5.41) is 0.841. The third kappa shape index (κ3) is 4.65. The molecule has 2 N–H and O–H groups in total. The first-order valence-corrected chi connectivity index (χ1v) is 10.6. The molecule has 1 aliphatic rings. The molecule has 6 bridgehead atoms. The number of nitrogens with two attached hydrogens (primary N) is 1. The van der Waals surface area contributed by atoms with Crippen LogP contribution in [-0.4, -0.2) is 16.6 Å². The fourth-order valence-electron chi connectivity index (χ4n) is 3.46. The topological polar surface area (TPSA) is 61.0 Å². The standard InChI is InChI=1S/C23H25N3OS/c1-16-10-11-17-7-4-2-3-5-12-27-18-8-6-9-19(14-18)28-22-15-21(20(16)13-17)25-23(24)26-22/h6,8-11,13-15H,2-5,7,12H2,1H3,(H2,24,25,26). The van der Waals surface area contributed by atoms with Crippen molar-refractivity contribution in [1.82, 2.24) is 9.97 Å². The summed E-state index contributed by atoms with van der Waals surface area (Å²) in [6.07, 6.45) is 5.75. The van der Waals surface area contributed by atoms with E-state index in [1.54, 1.807) is 11.8 Å². The molecule has 4 nitrogen and oxygen atoms in total. The van der Waals surface area contributed by atoms with Gasteiger partial charge in [-0.2, -0.15) is 0 Å². The van der Waals surface area contributed by atoms with Crippen molar-refractivity contribution in [3.63, 3.8) is 0 Å². The Kier molecular flexibility index (Phi) is 5.81. The smallest absolute Gasteiger partial charge is 0.221 e. The number of benzene rings is 2. The zero-order valence-corrected chi connectivity index (χ0v) is 17.0. The fraction of sp³-hybridized carbons (Fsp3) is 0.304. The molecule has 0 aliphatic carbocycles. The van der Waals surface area contributed by atoms with Crippen LogP contribution in [0.15, 0.2) is 58.5 Å². The van der Waals surface area contributed by atoms with Crippen LogP contribution in [-0.2, 0) is 6.42 Å². The molecule has 0 radical (unpaired) electrons. The Bertz CT molecular complexity index is 974. The summed E-state index contributed by atoms with van der Waals surface area (Å²) in [5.74, 6) is 1.20. The van der Waals surface area contributed by atoms with Gasteiger partial charge in [0.25, 0.3) is 0 Å². The van der Waals surface area contributed by atoms with Crippen molar-refractivity contribution in [3.05, 3.63) is 59.7 Å². The number of fused-ring (bicyclic) bond motifs is 7. The number of hydrogen-bond acceptors (Lipinski definition) is 5. The molecule has 2 heterocycles. The van der Waals surface area contributed by atoms with E-state index in [1.807, 2.05) is 18.2 Å². The highest BCUT2D eigenvalue weighted by atomic mass is 32.2. The summed E-state index contributed by atoms with van der Waals surface area (Å²) in [4.78, 5) is 10.0. The Labute approximate surface area is 170 Å². The molecule has 0 spiro atoms. The average Bonchev–Trinajstić information content (AvgIpc) is 2.67. The number of hydrogen-bond donors (Lipinski definition) is 1. The molecule has 3 aromatic rings. The monoisotopic (exact) mass is 391 g/mol. The van der Waals surface area contributed by atoms with Gasteiger partial charge in [-0.3, -0.25) is 0 Å². The summed E-state index contributed by atoms with van der Waals surface area (Å²) < 4.78 is 5.93. The second-order valence-corrected chi connectivity index (χ2v) is 8.28. The largest absolute Gasteiger partial charge is 0.494 e. The van der Waals surface area contributed by atoms with Gasteiger partial charge in [-0.25, -0.2) is 9.97 Å². The first-order chi connectivity index (χ1) is 13.7. The van der Waals surface area contributed by atoms with E-state index in [0.717, 1.165) is 46.4 Å². The van der Waals surface area contributed by atoms with E-state index in [1.165, 1.54) is 30.4 Å². The number of rotatable bonds is 0. The first-order valence-electron chi connectivity index (χ1n) is 9.82. The lowest BCUT2D eigenvalue weighted by Crippen LogP contribution is -1.99. The van der Waals surface area contributed by atoms with Gasteiger partial charge in [-0.15, -0.1) is 0 Å². The minimum absolute atomic E-state index is 0.301. The van der Waals surface area contributed by atoms with Gasteiger partial charge < -0.3 is 10.5 Å². The Hall–Kier alpha value is -2.53. The van der Waals surface area contributed by atoms with E-state index in [9.17, 15) is 0 Å². The fourth-order valence-corrected chi connectivity index (χ4v) is 4.33. The Balaban J connectivity index is 1.74. The summed E-state index contributed by atoms with van der Waals surface area (Å²) in [7, 11) is 0. The minimum atomic E-state index is 0.301. The summed E-state index contributed by atoms with van der Waals surface area (Å²) in [5.41, 5.74) is 10.6. The van der Waals surface area contributed by atoms with Crippen molar-refractivity contribution < 1.29 is 4.74 Å². The maximum Gasteiger partial charge on any atom is 0.221 e. The maximum atomic E-state index is 6.04. The second kappa shape index (κ2) is 8.65. The van der Waals surface area contributed by atoms with Crippen LogP contribution in [0.3, 0.4) is 0 Å².